The topological polar surface area (TPSA) is 95.3 Å². The van der Waals surface area contributed by atoms with E-state index in [1.165, 1.54) is 17.7 Å². The van der Waals surface area contributed by atoms with Crippen molar-refractivity contribution in [3.63, 3.8) is 0 Å². The molecule has 0 spiro atoms. The zero-order chi connectivity index (χ0) is 20.1. The van der Waals surface area contributed by atoms with E-state index in [9.17, 15) is 20.0 Å². The standard InChI is InChI=1S/C23H18N2O4/c26-23(27)17-10-5-9-16-20-14-7-2-1-6-13(14)12-18(20)21(24-22(16)17)15-8-3-4-11-19(15)25(28)29/h1-11,18,20-21,24H,12H2,(H,26,27)/p-1/t18-,20+,21-/m1/s1. The summed E-state index contributed by atoms with van der Waals surface area (Å²) in [6, 6.07) is 19.6. The third kappa shape index (κ3) is 2.60. The molecule has 6 heteroatoms. The lowest BCUT2D eigenvalue weighted by molar-refractivity contribution is -0.385. The van der Waals surface area contributed by atoms with Crippen LogP contribution in [-0.2, 0) is 6.42 Å². The molecule has 1 aliphatic carbocycles. The molecule has 5 rings (SSSR count). The van der Waals surface area contributed by atoms with Crippen LogP contribution < -0.4 is 10.4 Å². The first-order valence-electron chi connectivity index (χ1n) is 9.48. The Labute approximate surface area is 167 Å². The molecule has 3 atom stereocenters. The lowest BCUT2D eigenvalue weighted by Gasteiger charge is -2.38. The van der Waals surface area contributed by atoms with E-state index in [0.29, 0.717) is 11.3 Å². The summed E-state index contributed by atoms with van der Waals surface area (Å²) in [5.74, 6) is -1.26. The molecule has 0 amide bonds. The van der Waals surface area contributed by atoms with Gasteiger partial charge in [0.15, 0.2) is 0 Å². The highest BCUT2D eigenvalue weighted by atomic mass is 16.6. The van der Waals surface area contributed by atoms with E-state index in [-0.39, 0.29) is 34.1 Å². The van der Waals surface area contributed by atoms with E-state index >= 15 is 0 Å². The molecule has 0 saturated carbocycles. The summed E-state index contributed by atoms with van der Waals surface area (Å²) < 4.78 is 0. The van der Waals surface area contributed by atoms with Crippen molar-refractivity contribution in [2.24, 2.45) is 5.92 Å². The first-order chi connectivity index (χ1) is 14.1. The average Bonchev–Trinajstić information content (AvgIpc) is 3.12. The maximum Gasteiger partial charge on any atom is 0.274 e. The van der Waals surface area contributed by atoms with Crippen molar-refractivity contribution < 1.29 is 14.8 Å². The Kier molecular flexibility index (Phi) is 3.87. The molecular formula is C23H17N2O4-. The Morgan fingerprint density at radius 2 is 1.62 bits per heavy atom. The fraction of sp³-hybridized carbons (Fsp3) is 0.174. The van der Waals surface area contributed by atoms with Gasteiger partial charge >= 0.3 is 0 Å². The molecule has 6 nitrogen and oxygen atoms in total. The number of benzene rings is 3. The quantitative estimate of drug-likeness (QED) is 0.550. The monoisotopic (exact) mass is 385 g/mol. The fourth-order valence-electron chi connectivity index (χ4n) is 4.98. The third-order valence-corrected chi connectivity index (χ3v) is 6.12. The van der Waals surface area contributed by atoms with E-state index < -0.39 is 5.97 Å². The average molecular weight is 385 g/mol. The van der Waals surface area contributed by atoms with Gasteiger partial charge < -0.3 is 15.2 Å². The normalized spacial score (nSPS) is 21.4. The largest absolute Gasteiger partial charge is 0.545 e. The highest BCUT2D eigenvalue weighted by molar-refractivity contribution is 5.94. The van der Waals surface area contributed by atoms with Crippen LogP contribution in [0.3, 0.4) is 0 Å². The third-order valence-electron chi connectivity index (χ3n) is 6.12. The van der Waals surface area contributed by atoms with Gasteiger partial charge in [-0.25, -0.2) is 0 Å². The van der Waals surface area contributed by atoms with E-state index in [1.807, 2.05) is 18.2 Å². The molecule has 1 aliphatic heterocycles. The summed E-state index contributed by atoms with van der Waals surface area (Å²) in [6.45, 7) is 0. The van der Waals surface area contributed by atoms with Crippen LogP contribution in [-0.4, -0.2) is 10.9 Å². The fourth-order valence-corrected chi connectivity index (χ4v) is 4.98. The molecule has 3 aromatic rings. The molecule has 1 heterocycles. The van der Waals surface area contributed by atoms with Gasteiger partial charge in [-0.2, -0.15) is 0 Å². The summed E-state index contributed by atoms with van der Waals surface area (Å²) in [5, 5.41) is 26.8. The predicted molar refractivity (Wildman–Crippen MR) is 106 cm³/mol. The maximum absolute atomic E-state index is 11.8. The number of carbonyl (C=O) groups is 1. The minimum Gasteiger partial charge on any atom is -0.545 e. The van der Waals surface area contributed by atoms with Crippen LogP contribution >= 0.6 is 0 Å². The Balaban J connectivity index is 1.75. The predicted octanol–water partition coefficient (Wildman–Crippen LogP) is 3.43. The summed E-state index contributed by atoms with van der Waals surface area (Å²) >= 11 is 0. The van der Waals surface area contributed by atoms with Gasteiger partial charge in [-0.3, -0.25) is 10.1 Å². The summed E-state index contributed by atoms with van der Waals surface area (Å²) in [6.07, 6.45) is 0.763. The Hall–Kier alpha value is -3.67. The van der Waals surface area contributed by atoms with Crippen molar-refractivity contribution in [3.05, 3.63) is 105 Å². The first kappa shape index (κ1) is 17.4. The zero-order valence-electron chi connectivity index (χ0n) is 15.4. The van der Waals surface area contributed by atoms with Gasteiger partial charge in [0, 0.05) is 23.2 Å². The Morgan fingerprint density at radius 3 is 2.38 bits per heavy atom. The number of nitro groups is 1. The molecule has 3 aromatic carbocycles. The van der Waals surface area contributed by atoms with E-state index in [2.05, 4.69) is 17.4 Å². The number of nitrogens with one attached hydrogen (secondary N) is 1. The lowest BCUT2D eigenvalue weighted by atomic mass is 9.74. The molecule has 0 saturated heterocycles. The summed E-state index contributed by atoms with van der Waals surface area (Å²) in [7, 11) is 0. The van der Waals surface area contributed by atoms with Crippen LogP contribution in [0.2, 0.25) is 0 Å². The number of carboxylic acid groups (broad SMARTS) is 1. The smallest absolute Gasteiger partial charge is 0.274 e. The number of carboxylic acids is 1. The highest BCUT2D eigenvalue weighted by Crippen LogP contribution is 2.55. The molecule has 0 unspecified atom stereocenters. The van der Waals surface area contributed by atoms with Gasteiger partial charge in [0.1, 0.15) is 0 Å². The maximum atomic E-state index is 11.8. The second-order valence-corrected chi connectivity index (χ2v) is 7.54. The van der Waals surface area contributed by atoms with Crippen molar-refractivity contribution in [1.82, 2.24) is 0 Å². The number of para-hydroxylation sites is 2. The SMILES string of the molecule is O=C([O-])c1cccc2c1N[C@H](c1ccccc1[N+](=O)[O-])[C@@H]1Cc3ccccc3[C@@H]21. The van der Waals surface area contributed by atoms with Crippen molar-refractivity contribution in [3.8, 4) is 0 Å². The van der Waals surface area contributed by atoms with Crippen molar-refractivity contribution in [2.75, 3.05) is 5.32 Å². The van der Waals surface area contributed by atoms with Gasteiger partial charge in [-0.05, 0) is 29.0 Å². The van der Waals surface area contributed by atoms with Crippen molar-refractivity contribution >= 4 is 17.3 Å². The number of hydrogen-bond acceptors (Lipinski definition) is 5. The van der Waals surface area contributed by atoms with Gasteiger partial charge in [0.25, 0.3) is 5.69 Å². The minimum atomic E-state index is -1.26. The molecule has 1 N–H and O–H groups in total. The van der Waals surface area contributed by atoms with Gasteiger partial charge in [0.2, 0.25) is 0 Å². The number of carbonyl (C=O) groups excluding carboxylic acids is 1. The van der Waals surface area contributed by atoms with Crippen LogP contribution in [0.25, 0.3) is 0 Å². The summed E-state index contributed by atoms with van der Waals surface area (Å²) in [4.78, 5) is 23.1. The van der Waals surface area contributed by atoms with Gasteiger partial charge in [0.05, 0.1) is 22.5 Å². The number of aromatic carboxylic acids is 1. The molecule has 0 aromatic heterocycles. The van der Waals surface area contributed by atoms with Crippen LogP contribution in [0.1, 0.15) is 44.6 Å². The molecule has 0 fully saturated rings. The first-order valence-corrected chi connectivity index (χ1v) is 9.48. The number of nitro benzene ring substituents is 1. The molecule has 0 radical (unpaired) electrons. The number of fused-ring (bicyclic) bond motifs is 5. The molecule has 144 valence electrons. The minimum absolute atomic E-state index is 0.0356. The van der Waals surface area contributed by atoms with Gasteiger partial charge in [-0.15, -0.1) is 0 Å². The van der Waals surface area contributed by atoms with Gasteiger partial charge in [-0.1, -0.05) is 60.7 Å². The van der Waals surface area contributed by atoms with Crippen LogP contribution in [0.4, 0.5) is 11.4 Å². The molecular weight excluding hydrogens is 368 g/mol. The number of hydrogen-bond donors (Lipinski definition) is 1. The van der Waals surface area contributed by atoms with E-state index in [1.54, 1.807) is 24.3 Å². The molecule has 2 aliphatic rings. The second-order valence-electron chi connectivity index (χ2n) is 7.54. The van der Waals surface area contributed by atoms with Crippen LogP contribution in [0.15, 0.2) is 66.7 Å². The number of anilines is 1. The zero-order valence-corrected chi connectivity index (χ0v) is 15.4. The van der Waals surface area contributed by atoms with Crippen molar-refractivity contribution in [1.29, 1.82) is 0 Å². The van der Waals surface area contributed by atoms with E-state index in [4.69, 9.17) is 0 Å². The molecule has 29 heavy (non-hydrogen) atoms. The number of nitrogens with zero attached hydrogens (tertiary/aromatic N) is 1. The molecule has 0 bridgehead atoms. The highest BCUT2D eigenvalue weighted by Gasteiger charge is 2.45. The number of rotatable bonds is 3. The Bertz CT molecular complexity index is 1160. The van der Waals surface area contributed by atoms with Crippen LogP contribution in [0.5, 0.6) is 0 Å². The van der Waals surface area contributed by atoms with Crippen molar-refractivity contribution in [2.45, 2.75) is 18.4 Å². The van der Waals surface area contributed by atoms with E-state index in [0.717, 1.165) is 17.5 Å². The Morgan fingerprint density at radius 1 is 0.931 bits per heavy atom. The lowest BCUT2D eigenvalue weighted by Crippen LogP contribution is -2.33. The van der Waals surface area contributed by atoms with Crippen LogP contribution in [0, 0.1) is 16.0 Å². The second kappa shape index (κ2) is 6.44. The summed E-state index contributed by atoms with van der Waals surface area (Å²) in [5.41, 5.74) is 4.42.